The number of carbonyl (C=O) groups is 1. The Morgan fingerprint density at radius 2 is 1.73 bits per heavy atom. The summed E-state index contributed by atoms with van der Waals surface area (Å²) >= 11 is 0. The Morgan fingerprint density at radius 1 is 1.00 bits per heavy atom. The highest BCUT2D eigenvalue weighted by atomic mass is 19.1. The predicted octanol–water partition coefficient (Wildman–Crippen LogP) is 4.60. The van der Waals surface area contributed by atoms with Crippen molar-refractivity contribution in [2.75, 3.05) is 0 Å². The van der Waals surface area contributed by atoms with Crippen LogP contribution in [0.3, 0.4) is 0 Å². The van der Waals surface area contributed by atoms with E-state index in [1.807, 2.05) is 32.0 Å². The van der Waals surface area contributed by atoms with Gasteiger partial charge in [0.15, 0.2) is 5.76 Å². The van der Waals surface area contributed by atoms with Gasteiger partial charge in [-0.2, -0.15) is 0 Å². The maximum absolute atomic E-state index is 13.9. The monoisotopic (exact) mass is 352 g/mol. The van der Waals surface area contributed by atoms with E-state index in [1.165, 1.54) is 6.07 Å². The van der Waals surface area contributed by atoms with Crippen molar-refractivity contribution in [1.29, 1.82) is 0 Å². The lowest BCUT2D eigenvalue weighted by atomic mass is 10.1. The summed E-state index contributed by atoms with van der Waals surface area (Å²) in [5.41, 5.74) is 2.66. The van der Waals surface area contributed by atoms with Crippen molar-refractivity contribution in [1.82, 2.24) is 10.2 Å². The fourth-order valence-corrected chi connectivity index (χ4v) is 2.76. The molecule has 0 bridgehead atoms. The van der Waals surface area contributed by atoms with E-state index >= 15 is 0 Å². The highest BCUT2D eigenvalue weighted by Gasteiger charge is 2.18. The minimum atomic E-state index is -1.34. The SMILES string of the molecule is Cc1ccc(C)c2oc(-c3nnc(-c4ccc(C(=O)O)c(F)c4)o3)cc12. The Bertz CT molecular complexity index is 1120. The van der Waals surface area contributed by atoms with E-state index in [4.69, 9.17) is 13.9 Å². The van der Waals surface area contributed by atoms with Gasteiger partial charge < -0.3 is 13.9 Å². The lowest BCUT2D eigenvalue weighted by Gasteiger charge is -1.99. The molecule has 6 nitrogen and oxygen atoms in total. The zero-order valence-corrected chi connectivity index (χ0v) is 13.9. The molecule has 2 aromatic heterocycles. The quantitative estimate of drug-likeness (QED) is 0.579. The van der Waals surface area contributed by atoms with Crippen LogP contribution in [0.4, 0.5) is 4.39 Å². The molecule has 7 heteroatoms. The van der Waals surface area contributed by atoms with Gasteiger partial charge in [-0.1, -0.05) is 12.1 Å². The zero-order valence-electron chi connectivity index (χ0n) is 13.9. The summed E-state index contributed by atoms with van der Waals surface area (Å²) in [5, 5.41) is 17.7. The lowest BCUT2D eigenvalue weighted by molar-refractivity contribution is 0.0692. The Hall–Kier alpha value is -3.48. The summed E-state index contributed by atoms with van der Waals surface area (Å²) < 4.78 is 25.3. The second-order valence-electron chi connectivity index (χ2n) is 5.96. The number of aromatic nitrogens is 2. The topological polar surface area (TPSA) is 89.4 Å². The average molecular weight is 352 g/mol. The number of halogens is 1. The van der Waals surface area contributed by atoms with Crippen LogP contribution in [0.1, 0.15) is 21.5 Å². The number of nitrogens with zero attached hydrogens (tertiary/aromatic N) is 2. The first-order valence-electron chi connectivity index (χ1n) is 7.81. The number of aromatic carboxylic acids is 1. The third kappa shape index (κ3) is 2.54. The normalized spacial score (nSPS) is 11.2. The molecule has 0 aliphatic rings. The van der Waals surface area contributed by atoms with Crippen molar-refractivity contribution >= 4 is 16.9 Å². The largest absolute Gasteiger partial charge is 0.478 e. The highest BCUT2D eigenvalue weighted by molar-refractivity contribution is 5.88. The Morgan fingerprint density at radius 3 is 2.42 bits per heavy atom. The van der Waals surface area contributed by atoms with Gasteiger partial charge in [0.2, 0.25) is 5.89 Å². The molecule has 0 fully saturated rings. The van der Waals surface area contributed by atoms with E-state index in [0.717, 1.165) is 34.2 Å². The van der Waals surface area contributed by atoms with Gasteiger partial charge in [0.25, 0.3) is 5.89 Å². The van der Waals surface area contributed by atoms with E-state index in [-0.39, 0.29) is 17.3 Å². The highest BCUT2D eigenvalue weighted by Crippen LogP contribution is 2.32. The number of fused-ring (bicyclic) bond motifs is 1. The molecule has 4 aromatic rings. The number of aryl methyl sites for hydroxylation is 2. The van der Waals surface area contributed by atoms with Gasteiger partial charge in [-0.05, 0) is 49.2 Å². The molecule has 2 aromatic carbocycles. The molecule has 2 heterocycles. The second-order valence-corrected chi connectivity index (χ2v) is 5.96. The average Bonchev–Trinajstić information content (AvgIpc) is 3.25. The third-order valence-corrected chi connectivity index (χ3v) is 4.18. The van der Waals surface area contributed by atoms with Crippen molar-refractivity contribution in [2.24, 2.45) is 0 Å². The first-order chi connectivity index (χ1) is 12.4. The molecule has 0 unspecified atom stereocenters. The van der Waals surface area contributed by atoms with Crippen LogP contribution in [0.25, 0.3) is 34.1 Å². The lowest BCUT2D eigenvalue weighted by Crippen LogP contribution is -2.00. The van der Waals surface area contributed by atoms with Gasteiger partial charge in [-0.3, -0.25) is 0 Å². The zero-order chi connectivity index (χ0) is 18.4. The van der Waals surface area contributed by atoms with Crippen molar-refractivity contribution < 1.29 is 23.1 Å². The first kappa shape index (κ1) is 16.0. The molecule has 0 atom stereocenters. The fraction of sp³-hybridized carbons (Fsp3) is 0.105. The van der Waals surface area contributed by atoms with Crippen LogP contribution in [0.15, 0.2) is 45.2 Å². The van der Waals surface area contributed by atoms with Crippen molar-refractivity contribution in [3.05, 3.63) is 58.9 Å². The molecule has 0 saturated heterocycles. The fourth-order valence-electron chi connectivity index (χ4n) is 2.76. The molecule has 0 saturated carbocycles. The van der Waals surface area contributed by atoms with Gasteiger partial charge in [0, 0.05) is 10.9 Å². The summed E-state index contributed by atoms with van der Waals surface area (Å²) in [6, 6.07) is 9.41. The summed E-state index contributed by atoms with van der Waals surface area (Å²) in [5.74, 6) is -1.56. The summed E-state index contributed by atoms with van der Waals surface area (Å²) in [7, 11) is 0. The summed E-state index contributed by atoms with van der Waals surface area (Å²) in [4.78, 5) is 10.9. The molecular formula is C19H13FN2O4. The van der Waals surface area contributed by atoms with Crippen LogP contribution >= 0.6 is 0 Å². The van der Waals surface area contributed by atoms with Crippen LogP contribution < -0.4 is 0 Å². The number of hydrogen-bond acceptors (Lipinski definition) is 5. The number of hydrogen-bond donors (Lipinski definition) is 1. The molecule has 0 amide bonds. The maximum Gasteiger partial charge on any atom is 0.338 e. The molecule has 4 rings (SSSR count). The molecule has 0 spiro atoms. The van der Waals surface area contributed by atoms with E-state index in [9.17, 15) is 9.18 Å². The maximum atomic E-state index is 13.9. The first-order valence-corrected chi connectivity index (χ1v) is 7.81. The van der Waals surface area contributed by atoms with Gasteiger partial charge >= 0.3 is 5.97 Å². The van der Waals surface area contributed by atoms with E-state index in [2.05, 4.69) is 10.2 Å². The number of benzene rings is 2. The van der Waals surface area contributed by atoms with Crippen molar-refractivity contribution in [3.8, 4) is 23.1 Å². The van der Waals surface area contributed by atoms with E-state index < -0.39 is 17.3 Å². The van der Waals surface area contributed by atoms with Crippen LogP contribution in [-0.4, -0.2) is 21.3 Å². The Kier molecular flexibility index (Phi) is 3.57. The van der Waals surface area contributed by atoms with Gasteiger partial charge in [-0.25, -0.2) is 9.18 Å². The molecule has 130 valence electrons. The van der Waals surface area contributed by atoms with Gasteiger partial charge in [-0.15, -0.1) is 10.2 Å². The van der Waals surface area contributed by atoms with Crippen LogP contribution in [0, 0.1) is 19.7 Å². The standard InChI is InChI=1S/C19H13FN2O4/c1-9-3-4-10(2)16-13(9)8-15(25-16)18-22-21-17(26-18)11-5-6-12(19(23)24)14(20)7-11/h3-8H,1-2H3,(H,23,24). The molecule has 0 aliphatic heterocycles. The van der Waals surface area contributed by atoms with Gasteiger partial charge in [0.05, 0.1) is 5.56 Å². The molecule has 1 N–H and O–H groups in total. The molecule has 0 aliphatic carbocycles. The second kappa shape index (κ2) is 5.80. The van der Waals surface area contributed by atoms with E-state index in [0.29, 0.717) is 5.76 Å². The minimum Gasteiger partial charge on any atom is -0.478 e. The smallest absolute Gasteiger partial charge is 0.338 e. The van der Waals surface area contributed by atoms with Crippen molar-refractivity contribution in [3.63, 3.8) is 0 Å². The van der Waals surface area contributed by atoms with Crippen LogP contribution in [0.2, 0.25) is 0 Å². The summed E-state index contributed by atoms with van der Waals surface area (Å²) in [6.07, 6.45) is 0. The molecule has 0 radical (unpaired) electrons. The third-order valence-electron chi connectivity index (χ3n) is 4.18. The van der Waals surface area contributed by atoms with Gasteiger partial charge in [0.1, 0.15) is 11.4 Å². The Balaban J connectivity index is 1.75. The van der Waals surface area contributed by atoms with Crippen LogP contribution in [-0.2, 0) is 0 Å². The summed E-state index contributed by atoms with van der Waals surface area (Å²) in [6.45, 7) is 3.92. The van der Waals surface area contributed by atoms with Crippen molar-refractivity contribution in [2.45, 2.75) is 13.8 Å². The number of carboxylic acid groups (broad SMARTS) is 1. The number of rotatable bonds is 3. The Labute approximate surface area is 146 Å². The predicted molar refractivity (Wildman–Crippen MR) is 91.3 cm³/mol. The minimum absolute atomic E-state index is 0.0738. The molecular weight excluding hydrogens is 339 g/mol. The number of furan rings is 1. The molecule has 26 heavy (non-hydrogen) atoms. The number of carboxylic acids is 1. The van der Waals surface area contributed by atoms with E-state index in [1.54, 1.807) is 0 Å². The van der Waals surface area contributed by atoms with Crippen LogP contribution in [0.5, 0.6) is 0 Å².